The van der Waals surface area contributed by atoms with E-state index in [1.54, 1.807) is 26.0 Å². The van der Waals surface area contributed by atoms with Crippen molar-refractivity contribution in [3.63, 3.8) is 0 Å². The predicted octanol–water partition coefficient (Wildman–Crippen LogP) is 0.352. The van der Waals surface area contributed by atoms with Gasteiger partial charge in [-0.15, -0.1) is 0 Å². The topological polar surface area (TPSA) is 81.5 Å². The van der Waals surface area contributed by atoms with Crippen LogP contribution in [0.25, 0.3) is 0 Å². The van der Waals surface area contributed by atoms with E-state index >= 15 is 0 Å². The van der Waals surface area contributed by atoms with Gasteiger partial charge in [-0.3, -0.25) is 9.69 Å². The Morgan fingerprint density at radius 2 is 1.76 bits per heavy atom. The number of carbonyl (C=O) groups excluding carboxylic acids is 1. The van der Waals surface area contributed by atoms with Gasteiger partial charge in [-0.25, -0.2) is 8.42 Å². The Bertz CT molecular complexity index is 630. The first-order valence-corrected chi connectivity index (χ1v) is 8.03. The Kier molecular flexibility index (Phi) is 5.88. The normalized spacial score (nSPS) is 11.2. The molecule has 0 aliphatic heterocycles. The lowest BCUT2D eigenvalue weighted by atomic mass is 10.2. The van der Waals surface area contributed by atoms with Crippen LogP contribution >= 0.6 is 0 Å². The molecule has 21 heavy (non-hydrogen) atoms. The molecule has 0 saturated carbocycles. The van der Waals surface area contributed by atoms with Crippen LogP contribution in [0.2, 0.25) is 0 Å². The zero-order valence-electron chi connectivity index (χ0n) is 12.4. The second-order valence-electron chi connectivity index (χ2n) is 4.98. The van der Waals surface area contributed by atoms with E-state index < -0.39 is 9.84 Å². The molecule has 0 atom stereocenters. The van der Waals surface area contributed by atoms with E-state index in [2.05, 4.69) is 0 Å². The van der Waals surface area contributed by atoms with Crippen LogP contribution in [0.4, 0.5) is 0 Å². The Morgan fingerprint density at radius 3 is 2.24 bits per heavy atom. The average Bonchev–Trinajstić information content (AvgIpc) is 2.45. The minimum atomic E-state index is -3.41. The molecule has 0 saturated heterocycles. The second kappa shape index (κ2) is 7.20. The van der Waals surface area contributed by atoms with Gasteiger partial charge in [0.1, 0.15) is 0 Å². The molecule has 0 aromatic heterocycles. The van der Waals surface area contributed by atoms with Gasteiger partial charge < -0.3 is 4.90 Å². The highest BCUT2D eigenvalue weighted by molar-refractivity contribution is 7.91. The number of sulfone groups is 1. The van der Waals surface area contributed by atoms with E-state index in [9.17, 15) is 13.2 Å². The molecule has 1 aromatic rings. The molecule has 0 bridgehead atoms. The van der Waals surface area contributed by atoms with Gasteiger partial charge in [0.15, 0.2) is 9.84 Å². The SMILES string of the molecule is CN(CCS(=O)(=O)c1ccc(C#N)cc1)CC(=O)N(C)C. The van der Waals surface area contributed by atoms with Gasteiger partial charge in [-0.2, -0.15) is 5.26 Å². The summed E-state index contributed by atoms with van der Waals surface area (Å²) in [6.07, 6.45) is 0. The lowest BCUT2D eigenvalue weighted by molar-refractivity contribution is -0.129. The molecule has 0 fully saturated rings. The molecule has 0 aliphatic rings. The summed E-state index contributed by atoms with van der Waals surface area (Å²) in [5.41, 5.74) is 0.419. The van der Waals surface area contributed by atoms with Crippen molar-refractivity contribution in [2.75, 3.05) is 40.0 Å². The third-order valence-corrected chi connectivity index (χ3v) is 4.70. The first-order chi connectivity index (χ1) is 9.76. The number of nitrogens with zero attached hydrogens (tertiary/aromatic N) is 3. The molecule has 0 heterocycles. The smallest absolute Gasteiger partial charge is 0.236 e. The van der Waals surface area contributed by atoms with E-state index in [1.165, 1.54) is 29.2 Å². The number of hydrogen-bond donors (Lipinski definition) is 0. The Balaban J connectivity index is 2.64. The van der Waals surface area contributed by atoms with Gasteiger partial charge in [-0.1, -0.05) is 0 Å². The summed E-state index contributed by atoms with van der Waals surface area (Å²) in [5, 5.41) is 8.69. The third kappa shape index (κ3) is 5.17. The van der Waals surface area contributed by atoms with E-state index in [-0.39, 0.29) is 29.6 Å². The summed E-state index contributed by atoms with van der Waals surface area (Å²) in [6, 6.07) is 7.76. The summed E-state index contributed by atoms with van der Waals surface area (Å²) >= 11 is 0. The number of hydrogen-bond acceptors (Lipinski definition) is 5. The number of likely N-dealkylation sites (N-methyl/N-ethyl adjacent to an activating group) is 2. The molecule has 0 radical (unpaired) electrons. The van der Waals surface area contributed by atoms with E-state index in [0.717, 1.165) is 0 Å². The maximum atomic E-state index is 12.2. The summed E-state index contributed by atoms with van der Waals surface area (Å²) in [5.74, 6) is -0.149. The Morgan fingerprint density at radius 1 is 1.19 bits per heavy atom. The van der Waals surface area contributed by atoms with E-state index in [1.807, 2.05) is 6.07 Å². The van der Waals surface area contributed by atoms with E-state index in [0.29, 0.717) is 5.56 Å². The standard InChI is InChI=1S/C14H19N3O3S/c1-16(2)14(18)11-17(3)8-9-21(19,20)13-6-4-12(10-15)5-7-13/h4-7H,8-9,11H2,1-3H3. The predicted molar refractivity (Wildman–Crippen MR) is 79.4 cm³/mol. The molecule has 0 N–H and O–H groups in total. The zero-order chi connectivity index (χ0) is 16.0. The van der Waals surface area contributed by atoms with Crippen molar-refractivity contribution in [3.8, 4) is 6.07 Å². The fourth-order valence-electron chi connectivity index (χ4n) is 1.58. The van der Waals surface area contributed by atoms with Crippen LogP contribution in [-0.4, -0.2) is 64.1 Å². The van der Waals surface area contributed by atoms with Crippen molar-refractivity contribution >= 4 is 15.7 Å². The largest absolute Gasteiger partial charge is 0.348 e. The molecule has 6 nitrogen and oxygen atoms in total. The monoisotopic (exact) mass is 309 g/mol. The Hall–Kier alpha value is -1.91. The van der Waals surface area contributed by atoms with E-state index in [4.69, 9.17) is 5.26 Å². The molecule has 1 amide bonds. The molecule has 1 aromatic carbocycles. The molecular formula is C14H19N3O3S. The highest BCUT2D eigenvalue weighted by Crippen LogP contribution is 2.12. The summed E-state index contributed by atoms with van der Waals surface area (Å²) in [7, 11) is 1.60. The third-order valence-electron chi connectivity index (χ3n) is 2.99. The van der Waals surface area contributed by atoms with Crippen molar-refractivity contribution in [2.45, 2.75) is 4.90 Å². The maximum Gasteiger partial charge on any atom is 0.236 e. The van der Waals surface area contributed by atoms with Crippen LogP contribution in [0.1, 0.15) is 5.56 Å². The van der Waals surface area contributed by atoms with Gasteiger partial charge >= 0.3 is 0 Å². The fourth-order valence-corrected chi connectivity index (χ4v) is 2.92. The number of amides is 1. The van der Waals surface area contributed by atoms with Gasteiger partial charge in [0, 0.05) is 20.6 Å². The van der Waals surface area contributed by atoms with Gasteiger partial charge in [-0.05, 0) is 31.3 Å². The lowest BCUT2D eigenvalue weighted by Gasteiger charge is -2.18. The first kappa shape index (κ1) is 17.1. The molecule has 0 unspecified atom stereocenters. The number of rotatable bonds is 6. The van der Waals surface area contributed by atoms with Crippen LogP contribution in [0.5, 0.6) is 0 Å². The number of carbonyl (C=O) groups is 1. The van der Waals surface area contributed by atoms with Crippen LogP contribution < -0.4 is 0 Å². The lowest BCUT2D eigenvalue weighted by Crippen LogP contribution is -2.36. The van der Waals surface area contributed by atoms with Crippen molar-refractivity contribution < 1.29 is 13.2 Å². The van der Waals surface area contributed by atoms with Gasteiger partial charge in [0.25, 0.3) is 0 Å². The van der Waals surface area contributed by atoms with Gasteiger partial charge in [0.2, 0.25) is 5.91 Å². The highest BCUT2D eigenvalue weighted by atomic mass is 32.2. The summed E-state index contributed by atoms with van der Waals surface area (Å²) < 4.78 is 24.3. The van der Waals surface area contributed by atoms with Crippen LogP contribution in [0, 0.1) is 11.3 Å². The number of nitriles is 1. The van der Waals surface area contributed by atoms with Crippen molar-refractivity contribution in [1.82, 2.24) is 9.80 Å². The molecule has 0 aliphatic carbocycles. The summed E-state index contributed by atoms with van der Waals surface area (Å²) in [4.78, 5) is 14.8. The molecule has 1 rings (SSSR count). The molecule has 114 valence electrons. The molecule has 7 heteroatoms. The fraction of sp³-hybridized carbons (Fsp3) is 0.429. The Labute approximate surface area is 125 Å². The minimum absolute atomic E-state index is 0.0733. The highest BCUT2D eigenvalue weighted by Gasteiger charge is 2.16. The zero-order valence-corrected chi connectivity index (χ0v) is 13.2. The minimum Gasteiger partial charge on any atom is -0.348 e. The first-order valence-electron chi connectivity index (χ1n) is 6.38. The maximum absolute atomic E-state index is 12.2. The van der Waals surface area contributed by atoms with Crippen LogP contribution in [0.3, 0.4) is 0 Å². The average molecular weight is 309 g/mol. The number of benzene rings is 1. The quantitative estimate of drug-likeness (QED) is 0.757. The van der Waals surface area contributed by atoms with Crippen molar-refractivity contribution in [1.29, 1.82) is 5.26 Å². The second-order valence-corrected chi connectivity index (χ2v) is 7.09. The van der Waals surface area contributed by atoms with Crippen molar-refractivity contribution in [2.24, 2.45) is 0 Å². The van der Waals surface area contributed by atoms with Gasteiger partial charge in [0.05, 0.1) is 28.8 Å². The van der Waals surface area contributed by atoms with Crippen LogP contribution in [-0.2, 0) is 14.6 Å². The molecule has 0 spiro atoms. The van der Waals surface area contributed by atoms with Crippen molar-refractivity contribution in [3.05, 3.63) is 29.8 Å². The summed E-state index contributed by atoms with van der Waals surface area (Å²) in [6.45, 7) is 0.442. The molecular weight excluding hydrogens is 290 g/mol. The van der Waals surface area contributed by atoms with Crippen LogP contribution in [0.15, 0.2) is 29.2 Å².